The highest BCUT2D eigenvalue weighted by Gasteiger charge is 2.39. The van der Waals surface area contributed by atoms with Crippen LogP contribution in [0.2, 0.25) is 0 Å². The standard InChI is InChI=1S/C18H20N2O4S/c1-3-24-18-15-11-7-8-12-16(15)19(2)17(21)13-20(18)25(22,23)14-9-5-4-6-10-14/h4-12,18H,3,13H2,1-2H3. The van der Waals surface area contributed by atoms with Gasteiger partial charge in [0.2, 0.25) is 15.9 Å². The van der Waals surface area contributed by atoms with E-state index in [2.05, 4.69) is 0 Å². The smallest absolute Gasteiger partial charge is 0.246 e. The van der Waals surface area contributed by atoms with Crippen molar-refractivity contribution in [2.75, 3.05) is 25.1 Å². The highest BCUT2D eigenvalue weighted by molar-refractivity contribution is 7.89. The number of sulfonamides is 1. The molecule has 0 spiro atoms. The van der Waals surface area contributed by atoms with Crippen LogP contribution in [0.4, 0.5) is 5.69 Å². The van der Waals surface area contributed by atoms with Crippen LogP contribution >= 0.6 is 0 Å². The van der Waals surface area contributed by atoms with Gasteiger partial charge in [0, 0.05) is 19.2 Å². The Labute approximate surface area is 147 Å². The Morgan fingerprint density at radius 3 is 2.40 bits per heavy atom. The molecule has 3 rings (SSSR count). The van der Waals surface area contributed by atoms with Gasteiger partial charge in [-0.2, -0.15) is 4.31 Å². The number of rotatable bonds is 4. The maximum Gasteiger partial charge on any atom is 0.246 e. The molecule has 1 atom stereocenters. The van der Waals surface area contributed by atoms with Crippen LogP contribution < -0.4 is 4.90 Å². The Morgan fingerprint density at radius 2 is 1.72 bits per heavy atom. The molecule has 0 aromatic heterocycles. The number of carbonyl (C=O) groups excluding carboxylic acids is 1. The highest BCUT2D eigenvalue weighted by atomic mass is 32.2. The van der Waals surface area contributed by atoms with Crippen molar-refractivity contribution in [3.05, 3.63) is 60.2 Å². The van der Waals surface area contributed by atoms with Gasteiger partial charge < -0.3 is 9.64 Å². The number of hydrogen-bond donors (Lipinski definition) is 0. The zero-order chi connectivity index (χ0) is 18.0. The summed E-state index contributed by atoms with van der Waals surface area (Å²) >= 11 is 0. The normalized spacial score (nSPS) is 18.7. The van der Waals surface area contributed by atoms with E-state index in [0.717, 1.165) is 4.31 Å². The van der Waals surface area contributed by atoms with Gasteiger partial charge in [0.15, 0.2) is 6.23 Å². The quantitative estimate of drug-likeness (QED) is 0.840. The highest BCUT2D eigenvalue weighted by Crippen LogP contribution is 2.36. The van der Waals surface area contributed by atoms with Gasteiger partial charge in [0.05, 0.1) is 17.1 Å². The summed E-state index contributed by atoms with van der Waals surface area (Å²) in [7, 11) is -2.25. The van der Waals surface area contributed by atoms with Crippen LogP contribution in [0, 0.1) is 0 Å². The molecule has 1 aliphatic heterocycles. The number of nitrogens with zero attached hydrogens (tertiary/aromatic N) is 2. The number of ether oxygens (including phenoxy) is 1. The Kier molecular flexibility index (Phi) is 4.89. The summed E-state index contributed by atoms with van der Waals surface area (Å²) < 4.78 is 33.2. The monoisotopic (exact) mass is 360 g/mol. The second-order valence-electron chi connectivity index (χ2n) is 5.68. The lowest BCUT2D eigenvalue weighted by Crippen LogP contribution is -2.41. The summed E-state index contributed by atoms with van der Waals surface area (Å²) in [5.41, 5.74) is 1.30. The summed E-state index contributed by atoms with van der Waals surface area (Å²) in [6.07, 6.45) is -0.861. The van der Waals surface area contributed by atoms with Crippen LogP contribution in [0.1, 0.15) is 18.7 Å². The fourth-order valence-corrected chi connectivity index (χ4v) is 4.36. The number of likely N-dealkylation sites (N-methyl/N-ethyl adjacent to an activating group) is 1. The van der Waals surface area contributed by atoms with Crippen LogP contribution in [-0.4, -0.2) is 38.8 Å². The second kappa shape index (κ2) is 6.95. The SMILES string of the molecule is CCOC1c2ccccc2N(C)C(=O)CN1S(=O)(=O)c1ccccc1. The van der Waals surface area contributed by atoms with Crippen LogP contribution in [0.15, 0.2) is 59.5 Å². The second-order valence-corrected chi connectivity index (χ2v) is 7.57. The first-order valence-corrected chi connectivity index (χ1v) is 9.44. The molecule has 1 heterocycles. The van der Waals surface area contributed by atoms with Crippen LogP contribution in [0.5, 0.6) is 0 Å². The molecule has 0 bridgehead atoms. The molecule has 0 fully saturated rings. The van der Waals surface area contributed by atoms with E-state index in [0.29, 0.717) is 17.9 Å². The van der Waals surface area contributed by atoms with Crippen molar-refractivity contribution in [2.24, 2.45) is 0 Å². The molecular weight excluding hydrogens is 340 g/mol. The third-order valence-corrected chi connectivity index (χ3v) is 5.97. The molecule has 0 saturated heterocycles. The van der Waals surface area contributed by atoms with Gasteiger partial charge in [-0.3, -0.25) is 4.79 Å². The van der Waals surface area contributed by atoms with Crippen molar-refractivity contribution in [3.8, 4) is 0 Å². The third kappa shape index (κ3) is 3.18. The largest absolute Gasteiger partial charge is 0.358 e. The molecule has 132 valence electrons. The van der Waals surface area contributed by atoms with E-state index in [9.17, 15) is 13.2 Å². The van der Waals surface area contributed by atoms with E-state index in [1.54, 1.807) is 44.3 Å². The maximum atomic E-state index is 13.2. The Morgan fingerprint density at radius 1 is 1.08 bits per heavy atom. The molecule has 1 unspecified atom stereocenters. The average Bonchev–Trinajstić information content (AvgIpc) is 2.74. The van der Waals surface area contributed by atoms with E-state index in [1.807, 2.05) is 12.1 Å². The summed E-state index contributed by atoms with van der Waals surface area (Å²) in [5, 5.41) is 0. The molecule has 25 heavy (non-hydrogen) atoms. The van der Waals surface area contributed by atoms with Crippen molar-refractivity contribution in [1.29, 1.82) is 0 Å². The lowest BCUT2D eigenvalue weighted by molar-refractivity contribution is -0.120. The zero-order valence-corrected chi connectivity index (χ0v) is 14.9. The summed E-state index contributed by atoms with van der Waals surface area (Å²) in [4.78, 5) is 14.2. The van der Waals surface area contributed by atoms with Gasteiger partial charge in [0.25, 0.3) is 0 Å². The predicted molar refractivity (Wildman–Crippen MR) is 94.6 cm³/mol. The molecule has 0 saturated carbocycles. The van der Waals surface area contributed by atoms with E-state index in [4.69, 9.17) is 4.74 Å². The van der Waals surface area contributed by atoms with Gasteiger partial charge in [-0.1, -0.05) is 36.4 Å². The number of fused-ring (bicyclic) bond motifs is 1. The molecule has 0 aliphatic carbocycles. The fourth-order valence-electron chi connectivity index (χ4n) is 2.88. The minimum atomic E-state index is -3.89. The van der Waals surface area contributed by atoms with Crippen LogP contribution in [-0.2, 0) is 19.6 Å². The number of benzene rings is 2. The average molecular weight is 360 g/mol. The Hall–Kier alpha value is -2.22. The fraction of sp³-hybridized carbons (Fsp3) is 0.278. The molecule has 7 heteroatoms. The van der Waals surface area contributed by atoms with E-state index in [-0.39, 0.29) is 17.3 Å². The van der Waals surface area contributed by atoms with E-state index < -0.39 is 16.3 Å². The van der Waals surface area contributed by atoms with Crippen molar-refractivity contribution in [3.63, 3.8) is 0 Å². The van der Waals surface area contributed by atoms with Gasteiger partial charge in [-0.05, 0) is 25.1 Å². The number of amides is 1. The van der Waals surface area contributed by atoms with Gasteiger partial charge >= 0.3 is 0 Å². The lowest BCUT2D eigenvalue weighted by Gasteiger charge is -2.28. The Balaban J connectivity index is 2.17. The molecule has 2 aromatic rings. The summed E-state index contributed by atoms with van der Waals surface area (Å²) in [6, 6.07) is 15.3. The first-order valence-electron chi connectivity index (χ1n) is 8.00. The van der Waals surface area contributed by atoms with Crippen LogP contribution in [0.3, 0.4) is 0 Å². The third-order valence-electron chi connectivity index (χ3n) is 4.17. The molecule has 1 amide bonds. The summed E-state index contributed by atoms with van der Waals surface area (Å²) in [5.74, 6) is -0.311. The van der Waals surface area contributed by atoms with Crippen molar-refractivity contribution in [1.82, 2.24) is 4.31 Å². The Bertz CT molecular complexity index is 868. The maximum absolute atomic E-state index is 13.2. The number of anilines is 1. The topological polar surface area (TPSA) is 66.9 Å². The molecular formula is C18H20N2O4S. The van der Waals surface area contributed by atoms with Crippen molar-refractivity contribution < 1.29 is 17.9 Å². The number of para-hydroxylation sites is 1. The van der Waals surface area contributed by atoms with Crippen molar-refractivity contribution >= 4 is 21.6 Å². The zero-order valence-electron chi connectivity index (χ0n) is 14.1. The minimum absolute atomic E-state index is 0.134. The molecule has 0 radical (unpaired) electrons. The number of hydrogen-bond acceptors (Lipinski definition) is 4. The first-order chi connectivity index (χ1) is 12.0. The van der Waals surface area contributed by atoms with Gasteiger partial charge in [0.1, 0.15) is 0 Å². The molecule has 6 nitrogen and oxygen atoms in total. The minimum Gasteiger partial charge on any atom is -0.358 e. The van der Waals surface area contributed by atoms with E-state index in [1.165, 1.54) is 17.0 Å². The van der Waals surface area contributed by atoms with Crippen molar-refractivity contribution in [2.45, 2.75) is 18.0 Å². The van der Waals surface area contributed by atoms with Gasteiger partial charge in [-0.15, -0.1) is 0 Å². The first kappa shape index (κ1) is 17.6. The lowest BCUT2D eigenvalue weighted by atomic mass is 10.1. The number of carbonyl (C=O) groups is 1. The van der Waals surface area contributed by atoms with Gasteiger partial charge in [-0.25, -0.2) is 8.42 Å². The van der Waals surface area contributed by atoms with E-state index >= 15 is 0 Å². The summed E-state index contributed by atoms with van der Waals surface area (Å²) in [6.45, 7) is 1.83. The van der Waals surface area contributed by atoms with Crippen LogP contribution in [0.25, 0.3) is 0 Å². The molecule has 2 aromatic carbocycles. The molecule has 1 aliphatic rings. The molecule has 0 N–H and O–H groups in total. The predicted octanol–water partition coefficient (Wildman–Crippen LogP) is 2.39.